The zero-order valence-electron chi connectivity index (χ0n) is 16.9. The van der Waals surface area contributed by atoms with Crippen molar-refractivity contribution in [2.75, 3.05) is 7.05 Å². The summed E-state index contributed by atoms with van der Waals surface area (Å²) in [5.41, 5.74) is 2.65. The first-order valence-corrected chi connectivity index (χ1v) is 9.45. The second-order valence-corrected chi connectivity index (χ2v) is 7.76. The molecule has 3 aromatic rings. The van der Waals surface area contributed by atoms with Crippen LogP contribution in [0.15, 0.2) is 42.6 Å². The Morgan fingerprint density at radius 2 is 1.79 bits per heavy atom. The van der Waals surface area contributed by atoms with Crippen LogP contribution >= 0.6 is 0 Å². The summed E-state index contributed by atoms with van der Waals surface area (Å²) in [7, 11) is 1.66. The summed E-state index contributed by atoms with van der Waals surface area (Å²) in [6.07, 6.45) is -3.03. The zero-order chi connectivity index (χ0) is 21.3. The number of amides is 1. The third-order valence-electron chi connectivity index (χ3n) is 4.77. The highest BCUT2D eigenvalue weighted by Crippen LogP contribution is 2.32. The number of aromatic nitrogens is 2. The van der Waals surface area contributed by atoms with E-state index in [1.165, 1.54) is 10.5 Å². The summed E-state index contributed by atoms with van der Waals surface area (Å²) < 4.78 is 41.2. The van der Waals surface area contributed by atoms with Crippen LogP contribution in [0.1, 0.15) is 37.1 Å². The van der Waals surface area contributed by atoms with Crippen molar-refractivity contribution in [2.45, 2.75) is 39.9 Å². The van der Waals surface area contributed by atoms with Gasteiger partial charge >= 0.3 is 6.18 Å². The number of rotatable bonds is 5. The first-order chi connectivity index (χ1) is 13.6. The molecule has 0 spiro atoms. The summed E-state index contributed by atoms with van der Waals surface area (Å²) in [6, 6.07) is 10.0. The molecule has 0 radical (unpaired) electrons. The Morgan fingerprint density at radius 3 is 2.38 bits per heavy atom. The molecule has 0 aliphatic carbocycles. The number of alkyl halides is 3. The molecule has 29 heavy (non-hydrogen) atoms. The highest BCUT2D eigenvalue weighted by atomic mass is 19.4. The van der Waals surface area contributed by atoms with Gasteiger partial charge in [-0.2, -0.15) is 13.2 Å². The number of fused-ring (bicyclic) bond motifs is 1. The number of aryl methyl sites for hydroxylation is 1. The van der Waals surface area contributed by atoms with Gasteiger partial charge in [0.2, 0.25) is 5.91 Å². The summed E-state index contributed by atoms with van der Waals surface area (Å²) in [5.74, 6) is 0.136. The van der Waals surface area contributed by atoms with E-state index in [1.807, 2.05) is 45.0 Å². The van der Waals surface area contributed by atoms with Crippen molar-refractivity contribution in [3.05, 3.63) is 59.4 Å². The van der Waals surface area contributed by atoms with Crippen LogP contribution < -0.4 is 0 Å². The summed E-state index contributed by atoms with van der Waals surface area (Å²) >= 11 is 0. The van der Waals surface area contributed by atoms with Gasteiger partial charge in [-0.3, -0.25) is 4.79 Å². The van der Waals surface area contributed by atoms with E-state index in [0.29, 0.717) is 23.5 Å². The standard InChI is InChI=1S/C22H24F3N3O/c1-14(2)11-20(29)27(4)13-18-21(16-7-5-15(3)6-8-16)26-19-10-9-17(12-28(18)19)22(23,24)25/h5-10,12,14H,11,13H2,1-4H3. The first-order valence-electron chi connectivity index (χ1n) is 9.45. The van der Waals surface area contributed by atoms with E-state index in [2.05, 4.69) is 4.98 Å². The minimum Gasteiger partial charge on any atom is -0.340 e. The molecule has 0 saturated carbocycles. The van der Waals surface area contributed by atoms with Crippen LogP contribution in [0, 0.1) is 12.8 Å². The van der Waals surface area contributed by atoms with Gasteiger partial charge in [-0.1, -0.05) is 43.7 Å². The number of hydrogen-bond donors (Lipinski definition) is 0. The van der Waals surface area contributed by atoms with E-state index >= 15 is 0 Å². The minimum absolute atomic E-state index is 0.0585. The van der Waals surface area contributed by atoms with Gasteiger partial charge in [0.1, 0.15) is 5.65 Å². The fraction of sp³-hybridized carbons (Fsp3) is 0.364. The Morgan fingerprint density at radius 1 is 1.14 bits per heavy atom. The highest BCUT2D eigenvalue weighted by molar-refractivity contribution is 5.76. The second kappa shape index (κ2) is 7.89. The zero-order valence-corrected chi connectivity index (χ0v) is 16.9. The SMILES string of the molecule is Cc1ccc(-c2nc3ccc(C(F)(F)F)cn3c2CN(C)C(=O)CC(C)C)cc1. The highest BCUT2D eigenvalue weighted by Gasteiger charge is 2.31. The molecular weight excluding hydrogens is 379 g/mol. The first kappa shape index (κ1) is 20.9. The molecule has 2 aromatic heterocycles. The lowest BCUT2D eigenvalue weighted by Crippen LogP contribution is -2.28. The average molecular weight is 403 g/mol. The lowest BCUT2D eigenvalue weighted by Gasteiger charge is -2.19. The van der Waals surface area contributed by atoms with Gasteiger partial charge in [0.25, 0.3) is 0 Å². The minimum atomic E-state index is -4.46. The van der Waals surface area contributed by atoms with Crippen LogP contribution in [-0.2, 0) is 17.5 Å². The van der Waals surface area contributed by atoms with Crippen LogP contribution in [0.5, 0.6) is 0 Å². The smallest absolute Gasteiger partial charge is 0.340 e. The molecule has 3 rings (SSSR count). The maximum Gasteiger partial charge on any atom is 0.417 e. The third kappa shape index (κ3) is 4.60. The molecule has 0 aliphatic heterocycles. The molecule has 2 heterocycles. The Labute approximate surface area is 168 Å². The summed E-state index contributed by atoms with van der Waals surface area (Å²) in [5, 5.41) is 0. The quantitative estimate of drug-likeness (QED) is 0.577. The molecule has 4 nitrogen and oxygen atoms in total. The van der Waals surface area contributed by atoms with Crippen molar-refractivity contribution < 1.29 is 18.0 Å². The number of imidazole rings is 1. The normalized spacial score (nSPS) is 12.0. The topological polar surface area (TPSA) is 37.6 Å². The predicted octanol–water partition coefficient (Wildman–Crippen LogP) is 5.33. The fourth-order valence-corrected chi connectivity index (χ4v) is 3.17. The van der Waals surface area contributed by atoms with Crippen LogP contribution in [0.25, 0.3) is 16.9 Å². The molecule has 7 heteroatoms. The third-order valence-corrected chi connectivity index (χ3v) is 4.77. The molecule has 0 saturated heterocycles. The number of nitrogens with zero attached hydrogens (tertiary/aromatic N) is 3. The van der Waals surface area contributed by atoms with Gasteiger partial charge in [0, 0.05) is 25.2 Å². The molecule has 0 bridgehead atoms. The molecule has 1 aromatic carbocycles. The number of halogens is 3. The van der Waals surface area contributed by atoms with E-state index < -0.39 is 11.7 Å². The van der Waals surface area contributed by atoms with Gasteiger partial charge in [-0.25, -0.2) is 4.98 Å². The number of carbonyl (C=O) groups excluding carboxylic acids is 1. The van der Waals surface area contributed by atoms with Crippen molar-refractivity contribution in [3.63, 3.8) is 0 Å². The van der Waals surface area contributed by atoms with Gasteiger partial charge in [-0.05, 0) is 25.0 Å². The van der Waals surface area contributed by atoms with Gasteiger partial charge in [0.15, 0.2) is 0 Å². The van der Waals surface area contributed by atoms with Crippen molar-refractivity contribution in [1.82, 2.24) is 14.3 Å². The van der Waals surface area contributed by atoms with E-state index in [0.717, 1.165) is 23.4 Å². The lowest BCUT2D eigenvalue weighted by atomic mass is 10.1. The number of pyridine rings is 1. The van der Waals surface area contributed by atoms with Gasteiger partial charge in [0.05, 0.1) is 23.5 Å². The lowest BCUT2D eigenvalue weighted by molar-refractivity contribution is -0.138. The van der Waals surface area contributed by atoms with Crippen LogP contribution in [0.4, 0.5) is 13.2 Å². The largest absolute Gasteiger partial charge is 0.417 e. The van der Waals surface area contributed by atoms with Gasteiger partial charge < -0.3 is 9.30 Å². The summed E-state index contributed by atoms with van der Waals surface area (Å²) in [6.45, 7) is 6.03. The summed E-state index contributed by atoms with van der Waals surface area (Å²) in [4.78, 5) is 18.6. The van der Waals surface area contributed by atoms with Crippen molar-refractivity contribution in [1.29, 1.82) is 0 Å². The maximum absolute atomic E-state index is 13.3. The van der Waals surface area contributed by atoms with Crippen molar-refractivity contribution in [3.8, 4) is 11.3 Å². The van der Waals surface area contributed by atoms with E-state index in [9.17, 15) is 18.0 Å². The fourth-order valence-electron chi connectivity index (χ4n) is 3.17. The Kier molecular flexibility index (Phi) is 5.68. The monoisotopic (exact) mass is 403 g/mol. The molecule has 154 valence electrons. The maximum atomic E-state index is 13.3. The number of hydrogen-bond acceptors (Lipinski definition) is 2. The van der Waals surface area contributed by atoms with Crippen LogP contribution in [0.2, 0.25) is 0 Å². The molecular formula is C22H24F3N3O. The van der Waals surface area contributed by atoms with E-state index in [-0.39, 0.29) is 18.4 Å². The van der Waals surface area contributed by atoms with Crippen molar-refractivity contribution >= 4 is 11.6 Å². The number of carbonyl (C=O) groups is 1. The van der Waals surface area contributed by atoms with Crippen LogP contribution in [0.3, 0.4) is 0 Å². The molecule has 0 N–H and O–H groups in total. The Balaban J connectivity index is 2.12. The Bertz CT molecular complexity index is 1020. The Hall–Kier alpha value is -2.83. The molecule has 0 unspecified atom stereocenters. The number of benzene rings is 1. The van der Waals surface area contributed by atoms with Crippen LogP contribution in [-0.4, -0.2) is 27.2 Å². The molecule has 0 fully saturated rings. The van der Waals surface area contributed by atoms with E-state index in [1.54, 1.807) is 11.9 Å². The predicted molar refractivity (Wildman–Crippen MR) is 106 cm³/mol. The van der Waals surface area contributed by atoms with E-state index in [4.69, 9.17) is 0 Å². The molecule has 0 aliphatic rings. The molecule has 1 amide bonds. The second-order valence-electron chi connectivity index (χ2n) is 7.76. The van der Waals surface area contributed by atoms with Gasteiger partial charge in [-0.15, -0.1) is 0 Å². The molecule has 0 atom stereocenters. The average Bonchev–Trinajstić information content (AvgIpc) is 2.99. The van der Waals surface area contributed by atoms with Crippen molar-refractivity contribution in [2.24, 2.45) is 5.92 Å².